The maximum atomic E-state index is 15.0. The third-order valence-corrected chi connectivity index (χ3v) is 7.31. The standard InChI is InChI=1S/C27H26F3NO5S/c1-3-35-24(32)26(27(28,29)30,31-25(33)36-18-20-10-6-4-7-11-20)23(21-12-8-5-9-13-21)37(34)22-16-14-19(2)15-17-22/h4-17,23H,3,18H2,1-2H3,(H,31,33)/t23-,26-,37?/m1/s1. The lowest BCUT2D eigenvalue weighted by Crippen LogP contribution is -2.68. The molecule has 3 atom stereocenters. The molecule has 3 aromatic rings. The first-order valence-corrected chi connectivity index (χ1v) is 12.6. The molecule has 1 unspecified atom stereocenters. The number of amides is 1. The van der Waals surface area contributed by atoms with E-state index in [9.17, 15) is 13.8 Å². The van der Waals surface area contributed by atoms with Gasteiger partial charge in [-0.25, -0.2) is 9.59 Å². The van der Waals surface area contributed by atoms with Crippen LogP contribution in [-0.2, 0) is 31.7 Å². The van der Waals surface area contributed by atoms with E-state index in [1.165, 1.54) is 43.3 Å². The summed E-state index contributed by atoms with van der Waals surface area (Å²) >= 11 is 0. The van der Waals surface area contributed by atoms with Crippen LogP contribution in [0.1, 0.15) is 28.9 Å². The van der Waals surface area contributed by atoms with E-state index >= 15 is 13.2 Å². The second-order valence-electron chi connectivity index (χ2n) is 8.11. The zero-order valence-electron chi connectivity index (χ0n) is 20.2. The number of esters is 1. The minimum atomic E-state index is -5.42. The van der Waals surface area contributed by atoms with Crippen LogP contribution in [0.2, 0.25) is 0 Å². The third kappa shape index (κ3) is 6.37. The van der Waals surface area contributed by atoms with Crippen molar-refractivity contribution in [2.45, 2.75) is 42.3 Å². The first kappa shape index (κ1) is 27.9. The molecule has 10 heteroatoms. The summed E-state index contributed by atoms with van der Waals surface area (Å²) < 4.78 is 68.8. The summed E-state index contributed by atoms with van der Waals surface area (Å²) in [6.07, 6.45) is -6.94. The molecular weight excluding hydrogens is 507 g/mol. The molecule has 0 aliphatic heterocycles. The van der Waals surface area contributed by atoms with E-state index in [4.69, 9.17) is 9.47 Å². The Bertz CT molecular complexity index is 1220. The van der Waals surface area contributed by atoms with Gasteiger partial charge in [-0.2, -0.15) is 13.2 Å². The maximum Gasteiger partial charge on any atom is 0.424 e. The fourth-order valence-electron chi connectivity index (χ4n) is 3.69. The van der Waals surface area contributed by atoms with Gasteiger partial charge in [0, 0.05) is 4.90 Å². The predicted molar refractivity (Wildman–Crippen MR) is 132 cm³/mol. The molecule has 0 heterocycles. The Labute approximate surface area is 215 Å². The summed E-state index contributed by atoms with van der Waals surface area (Å²) in [6, 6.07) is 21.4. The van der Waals surface area contributed by atoms with Crippen LogP contribution in [0.25, 0.3) is 0 Å². The number of rotatable bonds is 9. The number of ether oxygens (including phenoxy) is 2. The predicted octanol–water partition coefficient (Wildman–Crippen LogP) is 5.63. The zero-order valence-corrected chi connectivity index (χ0v) is 21.0. The van der Waals surface area contributed by atoms with Gasteiger partial charge in [-0.1, -0.05) is 78.4 Å². The number of alkyl halides is 3. The number of benzene rings is 3. The van der Waals surface area contributed by atoms with Crippen molar-refractivity contribution in [3.63, 3.8) is 0 Å². The Hall–Kier alpha value is -3.66. The van der Waals surface area contributed by atoms with Crippen LogP contribution in [0, 0.1) is 6.92 Å². The molecule has 3 rings (SSSR count). The first-order chi connectivity index (χ1) is 17.6. The quantitative estimate of drug-likeness (QED) is 0.361. The van der Waals surface area contributed by atoms with Crippen molar-refractivity contribution < 1.29 is 36.4 Å². The molecule has 0 spiro atoms. The van der Waals surface area contributed by atoms with Crippen molar-refractivity contribution in [2.75, 3.05) is 6.61 Å². The Kier molecular flexibility index (Phi) is 9.09. The molecular formula is C27H26F3NO5S. The summed E-state index contributed by atoms with van der Waals surface area (Å²) in [6.45, 7) is 2.35. The van der Waals surface area contributed by atoms with Gasteiger partial charge in [0.15, 0.2) is 0 Å². The number of halogens is 3. The summed E-state index contributed by atoms with van der Waals surface area (Å²) in [5.41, 5.74) is -2.50. The van der Waals surface area contributed by atoms with E-state index in [0.717, 1.165) is 5.56 Å². The summed E-state index contributed by atoms with van der Waals surface area (Å²) in [5, 5.41) is -0.365. The highest BCUT2D eigenvalue weighted by Gasteiger charge is 2.69. The lowest BCUT2D eigenvalue weighted by atomic mass is 9.89. The van der Waals surface area contributed by atoms with Gasteiger partial charge in [0.2, 0.25) is 0 Å². The maximum absolute atomic E-state index is 15.0. The van der Waals surface area contributed by atoms with Gasteiger partial charge in [-0.15, -0.1) is 0 Å². The zero-order chi connectivity index (χ0) is 27.1. The number of aryl methyl sites for hydroxylation is 1. The number of hydrogen-bond acceptors (Lipinski definition) is 5. The summed E-state index contributed by atoms with van der Waals surface area (Å²) in [4.78, 5) is 26.0. The Balaban J connectivity index is 2.15. The van der Waals surface area contributed by atoms with Crippen LogP contribution >= 0.6 is 0 Å². The van der Waals surface area contributed by atoms with Crippen LogP contribution in [-0.4, -0.2) is 34.6 Å². The molecule has 0 saturated carbocycles. The smallest absolute Gasteiger partial charge is 0.424 e. The van der Waals surface area contributed by atoms with Gasteiger partial charge < -0.3 is 9.47 Å². The van der Waals surface area contributed by atoms with E-state index in [1.54, 1.807) is 60.8 Å². The number of nitrogens with one attached hydrogen (secondary N) is 1. The number of hydrogen-bond donors (Lipinski definition) is 1. The molecule has 196 valence electrons. The van der Waals surface area contributed by atoms with Crippen LogP contribution < -0.4 is 5.32 Å². The first-order valence-electron chi connectivity index (χ1n) is 11.3. The van der Waals surface area contributed by atoms with E-state index in [-0.39, 0.29) is 17.1 Å². The highest BCUT2D eigenvalue weighted by Crippen LogP contribution is 2.46. The molecule has 0 radical (unpaired) electrons. The average molecular weight is 534 g/mol. The SMILES string of the molecule is CCOC(=O)[C@](NC(=O)OCc1ccccc1)([C@@H](c1ccccc1)S(=O)c1ccc(C)cc1)C(F)(F)F. The van der Waals surface area contributed by atoms with Gasteiger partial charge in [0.05, 0.1) is 17.4 Å². The molecule has 3 aromatic carbocycles. The number of alkyl carbamates (subject to hydrolysis) is 1. The van der Waals surface area contributed by atoms with Gasteiger partial charge >= 0.3 is 18.2 Å². The topological polar surface area (TPSA) is 81.7 Å². The van der Waals surface area contributed by atoms with Gasteiger partial charge in [0.25, 0.3) is 5.54 Å². The minimum absolute atomic E-state index is 0.0387. The molecule has 0 aromatic heterocycles. The monoisotopic (exact) mass is 533 g/mol. The van der Waals surface area contributed by atoms with Gasteiger partial charge in [0.1, 0.15) is 11.9 Å². The summed E-state index contributed by atoms with van der Waals surface area (Å²) in [5.74, 6) is -1.80. The van der Waals surface area contributed by atoms with Crippen LogP contribution in [0.4, 0.5) is 18.0 Å². The fraction of sp³-hybridized carbons (Fsp3) is 0.259. The van der Waals surface area contributed by atoms with Crippen molar-refractivity contribution in [3.05, 3.63) is 102 Å². The molecule has 37 heavy (non-hydrogen) atoms. The summed E-state index contributed by atoms with van der Waals surface area (Å²) in [7, 11) is -2.47. The second-order valence-corrected chi connectivity index (χ2v) is 9.65. The lowest BCUT2D eigenvalue weighted by Gasteiger charge is -2.39. The van der Waals surface area contributed by atoms with Crippen molar-refractivity contribution in [3.8, 4) is 0 Å². The van der Waals surface area contributed by atoms with E-state index < -0.39 is 46.4 Å². The molecule has 0 aliphatic carbocycles. The van der Waals surface area contributed by atoms with E-state index in [0.29, 0.717) is 5.56 Å². The number of carbonyl (C=O) groups excluding carboxylic acids is 2. The molecule has 0 bridgehead atoms. The molecule has 0 aliphatic rings. The molecule has 1 N–H and O–H groups in total. The van der Waals surface area contributed by atoms with E-state index in [1.807, 2.05) is 0 Å². The molecule has 1 amide bonds. The Morgan fingerprint density at radius 1 is 0.892 bits per heavy atom. The molecule has 6 nitrogen and oxygen atoms in total. The van der Waals surface area contributed by atoms with Crippen LogP contribution in [0.5, 0.6) is 0 Å². The van der Waals surface area contributed by atoms with Crippen LogP contribution in [0.15, 0.2) is 89.8 Å². The largest absolute Gasteiger partial charge is 0.464 e. The van der Waals surface area contributed by atoms with Crippen molar-refractivity contribution in [2.24, 2.45) is 0 Å². The van der Waals surface area contributed by atoms with Crippen molar-refractivity contribution in [1.29, 1.82) is 0 Å². The Morgan fingerprint density at radius 3 is 2.00 bits per heavy atom. The van der Waals surface area contributed by atoms with Gasteiger partial charge in [-0.05, 0) is 37.1 Å². The Morgan fingerprint density at radius 2 is 1.46 bits per heavy atom. The van der Waals surface area contributed by atoms with Crippen molar-refractivity contribution >= 4 is 22.9 Å². The van der Waals surface area contributed by atoms with E-state index in [2.05, 4.69) is 0 Å². The number of carbonyl (C=O) groups is 2. The van der Waals surface area contributed by atoms with Gasteiger partial charge in [-0.3, -0.25) is 9.53 Å². The second kappa shape index (κ2) is 12.1. The molecule has 0 saturated heterocycles. The van der Waals surface area contributed by atoms with Crippen LogP contribution in [0.3, 0.4) is 0 Å². The highest BCUT2D eigenvalue weighted by molar-refractivity contribution is 7.85. The molecule has 0 fully saturated rings. The lowest BCUT2D eigenvalue weighted by molar-refractivity contribution is -0.212. The van der Waals surface area contributed by atoms with Crippen molar-refractivity contribution in [1.82, 2.24) is 5.32 Å². The highest BCUT2D eigenvalue weighted by atomic mass is 32.2. The normalized spacial score (nSPS) is 14.6. The average Bonchev–Trinajstić information content (AvgIpc) is 2.88. The minimum Gasteiger partial charge on any atom is -0.464 e. The third-order valence-electron chi connectivity index (χ3n) is 5.52. The fourth-order valence-corrected chi connectivity index (χ4v) is 5.39.